The van der Waals surface area contributed by atoms with Gasteiger partial charge in [0.2, 0.25) is 0 Å². The Morgan fingerprint density at radius 1 is 1.16 bits per heavy atom. The van der Waals surface area contributed by atoms with Gasteiger partial charge in [0.05, 0.1) is 7.11 Å². The van der Waals surface area contributed by atoms with E-state index in [4.69, 9.17) is 4.74 Å². The number of ether oxygens (including phenoxy) is 1. The van der Waals surface area contributed by atoms with E-state index in [1.807, 2.05) is 38.1 Å². The predicted octanol–water partition coefficient (Wildman–Crippen LogP) is 3.47. The third-order valence-corrected chi connectivity index (χ3v) is 4.44. The highest BCUT2D eigenvalue weighted by Crippen LogP contribution is 2.31. The molecule has 5 heteroatoms. The van der Waals surface area contributed by atoms with Gasteiger partial charge in [-0.15, -0.1) is 0 Å². The molecule has 1 aromatic carbocycles. The molecule has 0 heterocycles. The van der Waals surface area contributed by atoms with Crippen LogP contribution in [0.4, 0.5) is 5.69 Å². The van der Waals surface area contributed by atoms with Crippen molar-refractivity contribution in [2.75, 3.05) is 26.1 Å². The first-order valence-corrected chi connectivity index (χ1v) is 8.62. The second kappa shape index (κ2) is 9.35. The number of methoxy groups -OCH3 is 1. The van der Waals surface area contributed by atoms with Crippen molar-refractivity contribution in [2.45, 2.75) is 46.5 Å². The van der Waals surface area contributed by atoms with Crippen molar-refractivity contribution >= 4 is 23.0 Å². The maximum atomic E-state index is 12.9. The molecule has 0 aliphatic rings. The van der Waals surface area contributed by atoms with Gasteiger partial charge in [0.15, 0.2) is 5.78 Å². The van der Waals surface area contributed by atoms with Crippen LogP contribution < -0.4 is 9.64 Å². The van der Waals surface area contributed by atoms with Gasteiger partial charge in [0.1, 0.15) is 17.3 Å². The number of nitrogens with zero attached hydrogens (tertiary/aromatic N) is 1. The molecule has 0 N–H and O–H groups in total. The highest BCUT2D eigenvalue weighted by Gasteiger charge is 2.23. The van der Waals surface area contributed by atoms with Crippen LogP contribution in [0.5, 0.6) is 5.75 Å². The Hall–Kier alpha value is -2.17. The van der Waals surface area contributed by atoms with Crippen molar-refractivity contribution < 1.29 is 19.1 Å². The van der Waals surface area contributed by atoms with E-state index < -0.39 is 5.92 Å². The molecule has 1 rings (SSSR count). The number of carbonyl (C=O) groups is 3. The van der Waals surface area contributed by atoms with Gasteiger partial charge in [-0.05, 0) is 32.8 Å². The van der Waals surface area contributed by atoms with Crippen LogP contribution in [-0.2, 0) is 16.0 Å². The van der Waals surface area contributed by atoms with Crippen LogP contribution >= 0.6 is 0 Å². The number of carbonyl (C=O) groups excluding carboxylic acids is 3. The quantitative estimate of drug-likeness (QED) is 0.606. The number of hydrogen-bond donors (Lipinski definition) is 0. The molecule has 138 valence electrons. The molecule has 1 unspecified atom stereocenters. The minimum atomic E-state index is -0.421. The number of anilines is 1. The van der Waals surface area contributed by atoms with Gasteiger partial charge in [0, 0.05) is 55.7 Å². The molecule has 0 saturated carbocycles. The molecule has 0 bridgehead atoms. The Labute approximate surface area is 150 Å². The average Bonchev–Trinajstić information content (AvgIpc) is 2.56. The van der Waals surface area contributed by atoms with Gasteiger partial charge in [-0.3, -0.25) is 9.59 Å². The van der Waals surface area contributed by atoms with Crippen LogP contribution in [0.25, 0.3) is 0 Å². The number of Topliss-reactive ketones (excluding diaryl/α,β-unsaturated/α-hetero) is 3. The summed E-state index contributed by atoms with van der Waals surface area (Å²) < 4.78 is 5.46. The zero-order valence-electron chi connectivity index (χ0n) is 16.1. The maximum Gasteiger partial charge on any atom is 0.164 e. The molecule has 0 aliphatic carbocycles. The zero-order valence-corrected chi connectivity index (χ0v) is 16.1. The first kappa shape index (κ1) is 20.9. The molecular formula is C20H29NO4. The van der Waals surface area contributed by atoms with Crippen molar-refractivity contribution in [1.29, 1.82) is 0 Å². The summed E-state index contributed by atoms with van der Waals surface area (Å²) in [7, 11) is 5.40. The second-order valence-electron chi connectivity index (χ2n) is 6.60. The van der Waals surface area contributed by atoms with Crippen molar-refractivity contribution in [2.24, 2.45) is 5.92 Å². The largest absolute Gasteiger partial charge is 0.496 e. The van der Waals surface area contributed by atoms with E-state index in [9.17, 15) is 14.4 Å². The fourth-order valence-electron chi connectivity index (χ4n) is 2.84. The summed E-state index contributed by atoms with van der Waals surface area (Å²) in [5.74, 6) is 0.158. The van der Waals surface area contributed by atoms with Crippen molar-refractivity contribution in [3.05, 3.63) is 23.3 Å². The van der Waals surface area contributed by atoms with Crippen LogP contribution in [0, 0.1) is 5.92 Å². The summed E-state index contributed by atoms with van der Waals surface area (Å²) in [6, 6.07) is 3.76. The van der Waals surface area contributed by atoms with E-state index in [1.54, 1.807) is 7.11 Å². The minimum absolute atomic E-state index is 0.0317. The summed E-state index contributed by atoms with van der Waals surface area (Å²) in [5.41, 5.74) is 2.33. The van der Waals surface area contributed by atoms with E-state index in [0.29, 0.717) is 30.6 Å². The summed E-state index contributed by atoms with van der Waals surface area (Å²) >= 11 is 0. The summed E-state index contributed by atoms with van der Waals surface area (Å²) in [5, 5.41) is 0. The number of rotatable bonds is 10. The fourth-order valence-corrected chi connectivity index (χ4v) is 2.84. The Bertz CT molecular complexity index is 649. The molecule has 0 saturated heterocycles. The lowest BCUT2D eigenvalue weighted by atomic mass is 9.88. The monoisotopic (exact) mass is 347 g/mol. The van der Waals surface area contributed by atoms with Crippen molar-refractivity contribution in [3.8, 4) is 5.75 Å². The van der Waals surface area contributed by atoms with Crippen LogP contribution in [-0.4, -0.2) is 38.6 Å². The molecule has 0 aliphatic heterocycles. The molecule has 0 aromatic heterocycles. The normalized spacial score (nSPS) is 11.8. The molecular weight excluding hydrogens is 318 g/mol. The Morgan fingerprint density at radius 3 is 2.24 bits per heavy atom. The first-order valence-electron chi connectivity index (χ1n) is 8.62. The summed E-state index contributed by atoms with van der Waals surface area (Å²) in [6.45, 7) is 4.96. The molecule has 5 nitrogen and oxygen atoms in total. The molecule has 1 atom stereocenters. The molecule has 25 heavy (non-hydrogen) atoms. The van der Waals surface area contributed by atoms with Crippen LogP contribution in [0.2, 0.25) is 0 Å². The van der Waals surface area contributed by atoms with Gasteiger partial charge < -0.3 is 14.4 Å². The smallest absolute Gasteiger partial charge is 0.164 e. The van der Waals surface area contributed by atoms with Crippen molar-refractivity contribution in [1.82, 2.24) is 0 Å². The van der Waals surface area contributed by atoms with Crippen LogP contribution in [0.3, 0.4) is 0 Å². The van der Waals surface area contributed by atoms with Crippen LogP contribution in [0.15, 0.2) is 12.1 Å². The lowest BCUT2D eigenvalue weighted by Gasteiger charge is -2.20. The highest BCUT2D eigenvalue weighted by atomic mass is 16.5. The lowest BCUT2D eigenvalue weighted by molar-refractivity contribution is -0.121. The van der Waals surface area contributed by atoms with Gasteiger partial charge in [0.25, 0.3) is 0 Å². The summed E-state index contributed by atoms with van der Waals surface area (Å²) in [6.07, 6.45) is 1.52. The average molecular weight is 347 g/mol. The van der Waals surface area contributed by atoms with E-state index in [0.717, 1.165) is 11.3 Å². The number of hydrogen-bond acceptors (Lipinski definition) is 5. The number of benzene rings is 1. The Morgan fingerprint density at radius 2 is 1.80 bits per heavy atom. The molecule has 1 aromatic rings. The van der Waals surface area contributed by atoms with E-state index >= 15 is 0 Å². The highest BCUT2D eigenvalue weighted by molar-refractivity contribution is 6.01. The first-order chi connectivity index (χ1) is 11.7. The van der Waals surface area contributed by atoms with Gasteiger partial charge in [-0.25, -0.2) is 0 Å². The zero-order chi connectivity index (χ0) is 19.1. The van der Waals surface area contributed by atoms with Crippen molar-refractivity contribution in [3.63, 3.8) is 0 Å². The Balaban J connectivity index is 3.19. The second-order valence-corrected chi connectivity index (χ2v) is 6.60. The standard InChI is InChI=1S/C20H29NO4/c1-7-17-18(11-16(21(4)5)12-20(17)25-6)19(24)10-15(14(3)23)9-8-13(2)22/h11-12,15H,7-10H2,1-6H3. The fraction of sp³-hybridized carbons (Fsp3) is 0.550. The third-order valence-electron chi connectivity index (χ3n) is 4.44. The number of ketones is 3. The summed E-state index contributed by atoms with van der Waals surface area (Å²) in [4.78, 5) is 37.9. The Kier molecular flexibility index (Phi) is 7.81. The molecule has 0 spiro atoms. The minimum Gasteiger partial charge on any atom is -0.496 e. The van der Waals surface area contributed by atoms with E-state index in [1.165, 1.54) is 13.8 Å². The SMILES string of the molecule is CCc1c(OC)cc(N(C)C)cc1C(=O)CC(CCC(C)=O)C(C)=O. The predicted molar refractivity (Wildman–Crippen MR) is 99.7 cm³/mol. The van der Waals surface area contributed by atoms with Gasteiger partial charge in [-0.2, -0.15) is 0 Å². The van der Waals surface area contributed by atoms with Gasteiger partial charge in [-0.1, -0.05) is 6.92 Å². The molecule has 0 fully saturated rings. The topological polar surface area (TPSA) is 63.7 Å². The molecule has 0 radical (unpaired) electrons. The third kappa shape index (κ3) is 5.69. The molecule has 0 amide bonds. The van der Waals surface area contributed by atoms with Crippen LogP contribution in [0.1, 0.15) is 56.0 Å². The van der Waals surface area contributed by atoms with E-state index in [-0.39, 0.29) is 23.8 Å². The lowest BCUT2D eigenvalue weighted by Crippen LogP contribution is -2.19. The maximum absolute atomic E-state index is 12.9. The van der Waals surface area contributed by atoms with E-state index in [2.05, 4.69) is 0 Å². The van der Waals surface area contributed by atoms with Gasteiger partial charge >= 0.3 is 0 Å².